The molecular formula is C16H22N2O3. The number of aromatic nitrogens is 1. The number of aryl methyl sites for hydroxylation is 2. The molecule has 0 amide bonds. The highest BCUT2D eigenvalue weighted by Crippen LogP contribution is 2.28. The molecule has 0 bridgehead atoms. The number of carboxylic acid groups (broad SMARTS) is 1. The van der Waals surface area contributed by atoms with Crippen LogP contribution in [0.5, 0.6) is 5.88 Å². The van der Waals surface area contributed by atoms with E-state index in [0.29, 0.717) is 5.88 Å². The first-order valence-electron chi connectivity index (χ1n) is 7.75. The van der Waals surface area contributed by atoms with E-state index >= 15 is 0 Å². The van der Waals surface area contributed by atoms with E-state index in [0.717, 1.165) is 62.9 Å². The molecule has 3 rings (SSSR count). The Morgan fingerprint density at radius 2 is 2.05 bits per heavy atom. The van der Waals surface area contributed by atoms with Gasteiger partial charge in [0.1, 0.15) is 11.7 Å². The van der Waals surface area contributed by atoms with Crippen LogP contribution in [0.25, 0.3) is 0 Å². The molecule has 0 saturated carbocycles. The van der Waals surface area contributed by atoms with Gasteiger partial charge in [0.05, 0.1) is 0 Å². The van der Waals surface area contributed by atoms with Gasteiger partial charge in [-0.25, -0.2) is 9.78 Å². The molecule has 0 atom stereocenters. The number of pyridine rings is 1. The minimum absolute atomic E-state index is 0.0773. The van der Waals surface area contributed by atoms with Crippen molar-refractivity contribution >= 4 is 5.97 Å². The molecule has 0 unspecified atom stereocenters. The average Bonchev–Trinajstić information content (AvgIpc) is 2.48. The van der Waals surface area contributed by atoms with Crippen molar-refractivity contribution < 1.29 is 14.6 Å². The number of nitrogens with zero attached hydrogens (tertiary/aromatic N) is 2. The number of ether oxygens (including phenoxy) is 1. The number of fused-ring (bicyclic) bond motifs is 1. The maximum atomic E-state index is 11.5. The number of rotatable bonds is 3. The number of hydrogen-bond donors (Lipinski definition) is 1. The lowest BCUT2D eigenvalue weighted by Gasteiger charge is -2.29. The van der Waals surface area contributed by atoms with Gasteiger partial charge in [-0.1, -0.05) is 0 Å². The first kappa shape index (κ1) is 14.3. The standard InChI is InChI=1S/C16H22N2O3/c1-18-8-6-12(7-9-18)21-15-13(16(19)20)10-11-4-2-3-5-14(11)17-15/h10,12H,2-9H2,1H3,(H,19,20). The van der Waals surface area contributed by atoms with Crippen LogP contribution in [0.3, 0.4) is 0 Å². The summed E-state index contributed by atoms with van der Waals surface area (Å²) >= 11 is 0. The Kier molecular flexibility index (Phi) is 4.10. The summed E-state index contributed by atoms with van der Waals surface area (Å²) in [6.45, 7) is 1.97. The van der Waals surface area contributed by atoms with E-state index < -0.39 is 5.97 Å². The van der Waals surface area contributed by atoms with Crippen LogP contribution in [0.4, 0.5) is 0 Å². The van der Waals surface area contributed by atoms with Crippen LogP contribution in [0.1, 0.15) is 47.3 Å². The van der Waals surface area contributed by atoms with Crippen LogP contribution in [0.2, 0.25) is 0 Å². The molecule has 5 heteroatoms. The van der Waals surface area contributed by atoms with Crippen molar-refractivity contribution in [1.82, 2.24) is 9.88 Å². The lowest BCUT2D eigenvalue weighted by Crippen LogP contribution is -2.36. The summed E-state index contributed by atoms with van der Waals surface area (Å²) in [5.41, 5.74) is 2.32. The quantitative estimate of drug-likeness (QED) is 0.924. The van der Waals surface area contributed by atoms with E-state index in [4.69, 9.17) is 4.74 Å². The van der Waals surface area contributed by atoms with Crippen LogP contribution < -0.4 is 4.74 Å². The zero-order valence-electron chi connectivity index (χ0n) is 12.5. The molecule has 21 heavy (non-hydrogen) atoms. The van der Waals surface area contributed by atoms with Crippen LogP contribution in [0.15, 0.2) is 6.07 Å². The summed E-state index contributed by atoms with van der Waals surface area (Å²) in [6.07, 6.45) is 6.02. The van der Waals surface area contributed by atoms with E-state index in [1.54, 1.807) is 6.07 Å². The third-order valence-electron chi connectivity index (χ3n) is 4.44. The van der Waals surface area contributed by atoms with Gasteiger partial charge in [-0.15, -0.1) is 0 Å². The molecule has 114 valence electrons. The Balaban J connectivity index is 1.84. The van der Waals surface area contributed by atoms with Gasteiger partial charge in [0.25, 0.3) is 0 Å². The number of likely N-dealkylation sites (tertiary alicyclic amines) is 1. The number of aromatic carboxylic acids is 1. The minimum atomic E-state index is -0.946. The number of carboxylic acids is 1. The van der Waals surface area contributed by atoms with Crippen LogP contribution in [-0.4, -0.2) is 47.2 Å². The van der Waals surface area contributed by atoms with E-state index in [2.05, 4.69) is 16.9 Å². The molecule has 1 N–H and O–H groups in total. The molecule has 1 saturated heterocycles. The zero-order valence-corrected chi connectivity index (χ0v) is 12.5. The Morgan fingerprint density at radius 3 is 2.76 bits per heavy atom. The van der Waals surface area contributed by atoms with E-state index in [9.17, 15) is 9.90 Å². The van der Waals surface area contributed by atoms with Crippen molar-refractivity contribution in [1.29, 1.82) is 0 Å². The summed E-state index contributed by atoms with van der Waals surface area (Å²) in [5, 5.41) is 9.41. The summed E-state index contributed by atoms with van der Waals surface area (Å²) in [7, 11) is 2.09. The largest absolute Gasteiger partial charge is 0.477 e. The van der Waals surface area contributed by atoms with Crippen molar-refractivity contribution in [2.24, 2.45) is 0 Å². The number of piperidine rings is 1. The highest BCUT2D eigenvalue weighted by Gasteiger charge is 2.24. The predicted octanol–water partition coefficient (Wildman–Crippen LogP) is 2.13. The molecular weight excluding hydrogens is 268 g/mol. The highest BCUT2D eigenvalue weighted by molar-refractivity contribution is 5.90. The number of carbonyl (C=O) groups is 1. The SMILES string of the molecule is CN1CCC(Oc2nc3c(cc2C(=O)O)CCCC3)CC1. The fourth-order valence-electron chi connectivity index (χ4n) is 3.12. The molecule has 1 aliphatic carbocycles. The van der Waals surface area contributed by atoms with Crippen molar-refractivity contribution in [3.05, 3.63) is 22.9 Å². The molecule has 1 aliphatic heterocycles. The van der Waals surface area contributed by atoms with Crippen LogP contribution >= 0.6 is 0 Å². The smallest absolute Gasteiger partial charge is 0.341 e. The van der Waals surface area contributed by atoms with Crippen molar-refractivity contribution in [2.75, 3.05) is 20.1 Å². The van der Waals surface area contributed by atoms with Gasteiger partial charge in [-0.3, -0.25) is 0 Å². The monoisotopic (exact) mass is 290 g/mol. The van der Waals surface area contributed by atoms with Gasteiger partial charge in [0.2, 0.25) is 5.88 Å². The summed E-state index contributed by atoms with van der Waals surface area (Å²) in [6, 6.07) is 1.77. The molecule has 0 radical (unpaired) electrons. The van der Waals surface area contributed by atoms with Crippen molar-refractivity contribution in [3.8, 4) is 5.88 Å². The third-order valence-corrected chi connectivity index (χ3v) is 4.44. The average molecular weight is 290 g/mol. The number of hydrogen-bond acceptors (Lipinski definition) is 4. The molecule has 2 heterocycles. The Morgan fingerprint density at radius 1 is 1.33 bits per heavy atom. The van der Waals surface area contributed by atoms with E-state index in [-0.39, 0.29) is 11.7 Å². The molecule has 5 nitrogen and oxygen atoms in total. The van der Waals surface area contributed by atoms with E-state index in [1.165, 1.54) is 0 Å². The van der Waals surface area contributed by atoms with Crippen molar-refractivity contribution in [2.45, 2.75) is 44.6 Å². The molecule has 1 aromatic rings. The van der Waals surface area contributed by atoms with Crippen LogP contribution in [0, 0.1) is 0 Å². The Bertz CT molecular complexity index is 537. The highest BCUT2D eigenvalue weighted by atomic mass is 16.5. The lowest BCUT2D eigenvalue weighted by molar-refractivity contribution is 0.0676. The fourth-order valence-corrected chi connectivity index (χ4v) is 3.12. The van der Waals surface area contributed by atoms with E-state index in [1.807, 2.05) is 0 Å². The second-order valence-corrected chi connectivity index (χ2v) is 6.08. The third kappa shape index (κ3) is 3.18. The zero-order chi connectivity index (χ0) is 14.8. The fraction of sp³-hybridized carbons (Fsp3) is 0.625. The van der Waals surface area contributed by atoms with Gasteiger partial charge in [-0.05, 0) is 57.2 Å². The normalized spacial score (nSPS) is 20.0. The second-order valence-electron chi connectivity index (χ2n) is 6.08. The second kappa shape index (κ2) is 6.02. The molecule has 0 aromatic carbocycles. The lowest BCUT2D eigenvalue weighted by atomic mass is 9.95. The first-order chi connectivity index (χ1) is 10.1. The van der Waals surface area contributed by atoms with Crippen LogP contribution in [-0.2, 0) is 12.8 Å². The topological polar surface area (TPSA) is 62.7 Å². The maximum absolute atomic E-state index is 11.5. The predicted molar refractivity (Wildman–Crippen MR) is 79.0 cm³/mol. The Hall–Kier alpha value is -1.62. The van der Waals surface area contributed by atoms with Gasteiger partial charge < -0.3 is 14.7 Å². The van der Waals surface area contributed by atoms with Gasteiger partial charge >= 0.3 is 5.97 Å². The molecule has 0 spiro atoms. The summed E-state index contributed by atoms with van der Waals surface area (Å²) in [4.78, 5) is 18.3. The minimum Gasteiger partial charge on any atom is -0.477 e. The molecule has 2 aliphatic rings. The van der Waals surface area contributed by atoms with Crippen molar-refractivity contribution in [3.63, 3.8) is 0 Å². The molecule has 1 aromatic heterocycles. The summed E-state index contributed by atoms with van der Waals surface area (Å²) < 4.78 is 5.94. The van der Waals surface area contributed by atoms with Gasteiger partial charge in [0, 0.05) is 18.8 Å². The first-order valence-corrected chi connectivity index (χ1v) is 7.75. The summed E-state index contributed by atoms with van der Waals surface area (Å²) in [5.74, 6) is -0.628. The van der Waals surface area contributed by atoms with Gasteiger partial charge in [-0.2, -0.15) is 0 Å². The molecule has 1 fully saturated rings. The Labute approximate surface area is 124 Å². The maximum Gasteiger partial charge on any atom is 0.341 e. The van der Waals surface area contributed by atoms with Gasteiger partial charge in [0.15, 0.2) is 0 Å².